The normalized spacial score (nSPS) is 15.0. The molecule has 6 heteroatoms. The van der Waals surface area contributed by atoms with Crippen molar-refractivity contribution in [1.29, 1.82) is 0 Å². The number of imidazole rings is 1. The fourth-order valence-corrected chi connectivity index (χ4v) is 3.88. The minimum Gasteiger partial charge on any atom is -0.381 e. The quantitative estimate of drug-likeness (QED) is 0.578. The van der Waals surface area contributed by atoms with Crippen LogP contribution >= 0.6 is 0 Å². The Labute approximate surface area is 168 Å². The largest absolute Gasteiger partial charge is 0.381 e. The highest BCUT2D eigenvalue weighted by atomic mass is 16.5. The van der Waals surface area contributed by atoms with E-state index in [-0.39, 0.29) is 5.69 Å². The van der Waals surface area contributed by atoms with E-state index in [9.17, 15) is 4.79 Å². The van der Waals surface area contributed by atoms with Gasteiger partial charge in [0.25, 0.3) is 0 Å². The molecule has 2 aromatic carbocycles. The first-order valence-electron chi connectivity index (χ1n) is 9.97. The standard InChI is InChI=1S/C23H22N4O2/c28-23-26-21-22(27(23)15-16-10-12-29-13-11-16)25-20(14-24-21)19-8-6-18(7-9-19)17-4-2-1-3-5-17/h1-9,14,16H,10-13,15H2,(H,24,26,28). The minimum absolute atomic E-state index is 0.150. The average Bonchev–Trinajstić information content (AvgIpc) is 3.09. The summed E-state index contributed by atoms with van der Waals surface area (Å²) in [6.45, 7) is 2.16. The van der Waals surface area contributed by atoms with E-state index >= 15 is 0 Å². The fourth-order valence-electron chi connectivity index (χ4n) is 3.88. The molecule has 6 nitrogen and oxygen atoms in total. The van der Waals surface area contributed by atoms with Crippen LogP contribution in [0.15, 0.2) is 65.6 Å². The Morgan fingerprint density at radius 1 is 0.966 bits per heavy atom. The number of hydrogen-bond acceptors (Lipinski definition) is 4. The molecule has 0 aliphatic carbocycles. The van der Waals surface area contributed by atoms with E-state index in [4.69, 9.17) is 9.72 Å². The highest BCUT2D eigenvalue weighted by Gasteiger charge is 2.18. The Hall–Kier alpha value is -3.25. The topological polar surface area (TPSA) is 72.8 Å². The van der Waals surface area contributed by atoms with Gasteiger partial charge in [0.05, 0.1) is 11.9 Å². The summed E-state index contributed by atoms with van der Waals surface area (Å²) in [5, 5.41) is 0. The van der Waals surface area contributed by atoms with Crippen LogP contribution in [0.2, 0.25) is 0 Å². The molecule has 1 fully saturated rings. The van der Waals surface area contributed by atoms with Gasteiger partial charge in [-0.05, 0) is 29.9 Å². The predicted molar refractivity (Wildman–Crippen MR) is 113 cm³/mol. The molecule has 5 rings (SSSR count). The highest BCUT2D eigenvalue weighted by Crippen LogP contribution is 2.24. The number of rotatable bonds is 4. The van der Waals surface area contributed by atoms with Crippen molar-refractivity contribution in [1.82, 2.24) is 19.5 Å². The van der Waals surface area contributed by atoms with Gasteiger partial charge in [-0.2, -0.15) is 0 Å². The number of ether oxygens (including phenoxy) is 1. The van der Waals surface area contributed by atoms with Crippen LogP contribution in [0.5, 0.6) is 0 Å². The van der Waals surface area contributed by atoms with Gasteiger partial charge in [0, 0.05) is 25.3 Å². The molecule has 1 aliphatic heterocycles. The molecule has 1 aliphatic rings. The van der Waals surface area contributed by atoms with Crippen LogP contribution in [-0.4, -0.2) is 32.7 Å². The number of aromatic nitrogens is 4. The molecule has 0 atom stereocenters. The smallest absolute Gasteiger partial charge is 0.328 e. The molecule has 1 N–H and O–H groups in total. The van der Waals surface area contributed by atoms with Crippen molar-refractivity contribution >= 4 is 11.3 Å². The molecule has 29 heavy (non-hydrogen) atoms. The third kappa shape index (κ3) is 3.59. The van der Waals surface area contributed by atoms with E-state index in [1.807, 2.05) is 30.3 Å². The second-order valence-electron chi connectivity index (χ2n) is 7.47. The molecule has 4 aromatic rings. The molecule has 1 saturated heterocycles. The van der Waals surface area contributed by atoms with E-state index in [0.717, 1.165) is 42.9 Å². The summed E-state index contributed by atoms with van der Waals surface area (Å²) in [6.07, 6.45) is 3.65. The summed E-state index contributed by atoms with van der Waals surface area (Å²) >= 11 is 0. The number of H-pyrrole nitrogens is 1. The monoisotopic (exact) mass is 386 g/mol. The Kier molecular flexibility index (Phi) is 4.69. The first-order chi connectivity index (χ1) is 14.3. The lowest BCUT2D eigenvalue weighted by Crippen LogP contribution is -2.26. The van der Waals surface area contributed by atoms with Gasteiger partial charge in [0.2, 0.25) is 0 Å². The third-order valence-electron chi connectivity index (χ3n) is 5.55. The molecule has 0 amide bonds. The number of benzene rings is 2. The van der Waals surface area contributed by atoms with Crippen molar-refractivity contribution in [2.75, 3.05) is 13.2 Å². The van der Waals surface area contributed by atoms with Crippen LogP contribution < -0.4 is 5.69 Å². The summed E-state index contributed by atoms with van der Waals surface area (Å²) in [7, 11) is 0. The van der Waals surface area contributed by atoms with Gasteiger partial charge in [0.1, 0.15) is 0 Å². The molecule has 0 bridgehead atoms. The molecule has 0 saturated carbocycles. The Morgan fingerprint density at radius 2 is 1.66 bits per heavy atom. The number of nitrogens with one attached hydrogen (secondary N) is 1. The average molecular weight is 386 g/mol. The summed E-state index contributed by atoms with van der Waals surface area (Å²) in [5.41, 5.74) is 5.07. The van der Waals surface area contributed by atoms with Crippen LogP contribution in [0, 0.1) is 5.92 Å². The predicted octanol–water partition coefficient (Wildman–Crippen LogP) is 3.88. The number of nitrogens with zero attached hydrogens (tertiary/aromatic N) is 3. The molecule has 0 spiro atoms. The van der Waals surface area contributed by atoms with Gasteiger partial charge in [-0.1, -0.05) is 54.6 Å². The van der Waals surface area contributed by atoms with Crippen molar-refractivity contribution in [3.05, 3.63) is 71.3 Å². The van der Waals surface area contributed by atoms with Crippen molar-refractivity contribution in [3.8, 4) is 22.4 Å². The number of fused-ring (bicyclic) bond motifs is 1. The van der Waals surface area contributed by atoms with Crippen molar-refractivity contribution in [3.63, 3.8) is 0 Å². The third-order valence-corrected chi connectivity index (χ3v) is 5.55. The number of hydrogen-bond donors (Lipinski definition) is 1. The summed E-state index contributed by atoms with van der Waals surface area (Å²) < 4.78 is 7.15. The maximum absolute atomic E-state index is 12.5. The Balaban J connectivity index is 1.47. The lowest BCUT2D eigenvalue weighted by atomic mass is 10.0. The van der Waals surface area contributed by atoms with Crippen molar-refractivity contribution in [2.24, 2.45) is 5.92 Å². The first kappa shape index (κ1) is 17.8. The van der Waals surface area contributed by atoms with Crippen molar-refractivity contribution in [2.45, 2.75) is 19.4 Å². The second-order valence-corrected chi connectivity index (χ2v) is 7.47. The molecular weight excluding hydrogens is 364 g/mol. The maximum atomic E-state index is 12.5. The van der Waals surface area contributed by atoms with Crippen LogP contribution in [0.3, 0.4) is 0 Å². The zero-order valence-electron chi connectivity index (χ0n) is 16.0. The SMILES string of the molecule is O=c1[nH]c2ncc(-c3ccc(-c4ccccc4)cc3)nc2n1CC1CCOCC1. The van der Waals surface area contributed by atoms with Crippen LogP contribution in [0.1, 0.15) is 12.8 Å². The van der Waals surface area contributed by atoms with E-state index in [0.29, 0.717) is 23.8 Å². The van der Waals surface area contributed by atoms with Crippen LogP contribution in [0.4, 0.5) is 0 Å². The van der Waals surface area contributed by atoms with Crippen LogP contribution in [-0.2, 0) is 11.3 Å². The van der Waals surface area contributed by atoms with Gasteiger partial charge in [0.15, 0.2) is 11.3 Å². The molecule has 0 unspecified atom stereocenters. The van der Waals surface area contributed by atoms with E-state index in [1.54, 1.807) is 10.8 Å². The minimum atomic E-state index is -0.150. The van der Waals surface area contributed by atoms with Gasteiger partial charge < -0.3 is 4.74 Å². The van der Waals surface area contributed by atoms with Gasteiger partial charge >= 0.3 is 5.69 Å². The maximum Gasteiger partial charge on any atom is 0.328 e. The Bertz CT molecular complexity index is 1170. The van der Waals surface area contributed by atoms with Gasteiger partial charge in [-0.25, -0.2) is 14.8 Å². The van der Waals surface area contributed by atoms with E-state index in [2.05, 4.69) is 34.2 Å². The van der Waals surface area contributed by atoms with E-state index in [1.165, 1.54) is 5.56 Å². The summed E-state index contributed by atoms with van der Waals surface area (Å²) in [6, 6.07) is 18.5. The lowest BCUT2D eigenvalue weighted by molar-refractivity contribution is 0.0613. The molecular formula is C23H22N4O2. The highest BCUT2D eigenvalue weighted by molar-refractivity contribution is 5.73. The zero-order chi connectivity index (χ0) is 19.6. The van der Waals surface area contributed by atoms with Gasteiger partial charge in [-0.3, -0.25) is 9.55 Å². The molecule has 146 valence electrons. The fraction of sp³-hybridized carbons (Fsp3) is 0.261. The van der Waals surface area contributed by atoms with Crippen molar-refractivity contribution < 1.29 is 4.74 Å². The molecule has 0 radical (unpaired) electrons. The summed E-state index contributed by atoms with van der Waals surface area (Å²) in [5.74, 6) is 0.427. The molecule has 2 aromatic heterocycles. The van der Waals surface area contributed by atoms with Crippen LogP contribution in [0.25, 0.3) is 33.7 Å². The zero-order valence-corrected chi connectivity index (χ0v) is 16.0. The molecule has 3 heterocycles. The van der Waals surface area contributed by atoms with E-state index < -0.39 is 0 Å². The Morgan fingerprint density at radius 3 is 2.41 bits per heavy atom. The summed E-state index contributed by atoms with van der Waals surface area (Å²) in [4.78, 5) is 24.5. The van der Waals surface area contributed by atoms with Gasteiger partial charge in [-0.15, -0.1) is 0 Å². The first-order valence-corrected chi connectivity index (χ1v) is 9.97. The second kappa shape index (κ2) is 7.64. The number of aromatic amines is 1. The lowest BCUT2D eigenvalue weighted by Gasteiger charge is -2.21.